The Hall–Kier alpha value is -2.36. The van der Waals surface area contributed by atoms with E-state index in [4.69, 9.17) is 17.6 Å². The van der Waals surface area contributed by atoms with Crippen molar-refractivity contribution in [2.75, 3.05) is 6.61 Å². The maximum atomic E-state index is 11.8. The normalized spacial score (nSPS) is 31.6. The van der Waals surface area contributed by atoms with Crippen LogP contribution in [-0.2, 0) is 4.74 Å². The molecule has 1 aliphatic rings. The van der Waals surface area contributed by atoms with Crippen LogP contribution in [0.3, 0.4) is 0 Å². The van der Waals surface area contributed by atoms with Gasteiger partial charge < -0.3 is 20.1 Å². The average molecular weight is 292 g/mol. The van der Waals surface area contributed by atoms with E-state index in [1.165, 1.54) is 0 Å². The first kappa shape index (κ1) is 15.0. The fourth-order valence-corrected chi connectivity index (χ4v) is 2.08. The summed E-state index contributed by atoms with van der Waals surface area (Å²) in [5, 5.41) is 29.2. The van der Waals surface area contributed by atoms with E-state index in [1.54, 1.807) is 0 Å². The van der Waals surface area contributed by atoms with Gasteiger partial charge in [0.25, 0.3) is 5.56 Å². The Balaban J connectivity index is 2.55. The monoisotopic (exact) mass is 292 g/mol. The zero-order chi connectivity index (χ0) is 15.8. The minimum atomic E-state index is -1.85. The van der Waals surface area contributed by atoms with Crippen LogP contribution in [0.1, 0.15) is 11.8 Å². The molecule has 2 rings (SSSR count). The highest BCUT2D eigenvalue weighted by molar-refractivity contribution is 5.26. The number of ether oxygens (including phenoxy) is 1. The smallest absolute Gasteiger partial charge is 0.330 e. The standard InChI is InChI=1S/C13H12N2O6/c1-3-7-5-15(12(20)14-10(7)19)11-8(17)9(18)13(4-2,6-16)21-11/h1-2,5,8-9,11,16-18H,6H2,(H,14,19,20)/t8-,9-,11?,13+/m0/s1. The van der Waals surface area contributed by atoms with Gasteiger partial charge >= 0.3 is 5.69 Å². The second-order valence-corrected chi connectivity index (χ2v) is 4.49. The number of aromatic nitrogens is 2. The molecule has 2 heterocycles. The number of hydrogen-bond donors (Lipinski definition) is 4. The third kappa shape index (κ3) is 2.17. The largest absolute Gasteiger partial charge is 0.392 e. The lowest BCUT2D eigenvalue weighted by Crippen LogP contribution is -2.45. The zero-order valence-corrected chi connectivity index (χ0v) is 10.7. The molecule has 4 N–H and O–H groups in total. The molecule has 0 amide bonds. The van der Waals surface area contributed by atoms with Crippen LogP contribution in [0, 0.1) is 24.7 Å². The van der Waals surface area contributed by atoms with Gasteiger partial charge in [0.1, 0.15) is 17.8 Å². The second kappa shape index (κ2) is 5.20. The van der Waals surface area contributed by atoms with Gasteiger partial charge in [-0.3, -0.25) is 14.3 Å². The van der Waals surface area contributed by atoms with Gasteiger partial charge in [-0.1, -0.05) is 11.8 Å². The summed E-state index contributed by atoms with van der Waals surface area (Å²) in [7, 11) is 0. The molecule has 0 radical (unpaired) electrons. The fourth-order valence-electron chi connectivity index (χ4n) is 2.08. The van der Waals surface area contributed by atoms with Crippen molar-refractivity contribution in [2.45, 2.75) is 24.0 Å². The number of aliphatic hydroxyl groups excluding tert-OH is 3. The average Bonchev–Trinajstić information content (AvgIpc) is 2.73. The number of terminal acetylenes is 2. The Morgan fingerprint density at radius 1 is 1.43 bits per heavy atom. The Labute approximate surface area is 118 Å². The Bertz CT molecular complexity index is 752. The van der Waals surface area contributed by atoms with Crippen molar-refractivity contribution >= 4 is 0 Å². The van der Waals surface area contributed by atoms with Gasteiger partial charge in [-0.25, -0.2) is 4.79 Å². The highest BCUT2D eigenvalue weighted by Crippen LogP contribution is 2.35. The number of nitrogens with zero attached hydrogens (tertiary/aromatic N) is 1. The van der Waals surface area contributed by atoms with Crippen molar-refractivity contribution in [2.24, 2.45) is 0 Å². The van der Waals surface area contributed by atoms with Gasteiger partial charge in [0.05, 0.1) is 6.61 Å². The van der Waals surface area contributed by atoms with Crippen LogP contribution < -0.4 is 11.2 Å². The van der Waals surface area contributed by atoms with Crippen molar-refractivity contribution in [3.63, 3.8) is 0 Å². The summed E-state index contributed by atoms with van der Waals surface area (Å²) < 4.78 is 6.07. The molecule has 110 valence electrons. The molecule has 1 fully saturated rings. The number of H-pyrrole nitrogens is 1. The quantitative estimate of drug-likeness (QED) is 0.434. The topological polar surface area (TPSA) is 125 Å². The molecule has 0 aromatic carbocycles. The third-order valence-corrected chi connectivity index (χ3v) is 3.30. The van der Waals surface area contributed by atoms with Gasteiger partial charge in [0.15, 0.2) is 11.8 Å². The van der Waals surface area contributed by atoms with Gasteiger partial charge in [-0.15, -0.1) is 12.8 Å². The molecule has 1 aromatic heterocycles. The molecule has 1 saturated heterocycles. The van der Waals surface area contributed by atoms with Crippen LogP contribution in [0.5, 0.6) is 0 Å². The molecule has 0 aliphatic carbocycles. The van der Waals surface area contributed by atoms with E-state index in [-0.39, 0.29) is 5.56 Å². The molecular weight excluding hydrogens is 280 g/mol. The van der Waals surface area contributed by atoms with Crippen molar-refractivity contribution < 1.29 is 20.1 Å². The molecule has 21 heavy (non-hydrogen) atoms. The van der Waals surface area contributed by atoms with Gasteiger partial charge in [-0.05, 0) is 0 Å². The lowest BCUT2D eigenvalue weighted by molar-refractivity contribution is -0.0936. The van der Waals surface area contributed by atoms with E-state index in [2.05, 4.69) is 11.8 Å². The Kier molecular flexibility index (Phi) is 3.73. The van der Waals surface area contributed by atoms with E-state index < -0.39 is 41.9 Å². The summed E-state index contributed by atoms with van der Waals surface area (Å²) in [5.74, 6) is 4.12. The molecule has 8 heteroatoms. The molecule has 8 nitrogen and oxygen atoms in total. The van der Waals surface area contributed by atoms with Gasteiger partial charge in [-0.2, -0.15) is 0 Å². The van der Waals surface area contributed by atoms with E-state index in [9.17, 15) is 24.9 Å². The number of aromatic amines is 1. The minimum absolute atomic E-state index is 0.165. The second-order valence-electron chi connectivity index (χ2n) is 4.49. The molecule has 1 aliphatic heterocycles. The van der Waals surface area contributed by atoms with E-state index in [0.29, 0.717) is 0 Å². The molecule has 4 atom stereocenters. The number of rotatable bonds is 2. The highest BCUT2D eigenvalue weighted by Gasteiger charge is 2.54. The van der Waals surface area contributed by atoms with Crippen LogP contribution in [0.15, 0.2) is 15.8 Å². The summed E-state index contributed by atoms with van der Waals surface area (Å²) in [6.45, 7) is -0.766. The van der Waals surface area contributed by atoms with Crippen LogP contribution >= 0.6 is 0 Å². The minimum Gasteiger partial charge on any atom is -0.392 e. The third-order valence-electron chi connectivity index (χ3n) is 3.30. The first-order valence-corrected chi connectivity index (χ1v) is 5.85. The fraction of sp³-hybridized carbons (Fsp3) is 0.385. The molecule has 1 unspecified atom stereocenters. The molecule has 1 aromatic rings. The predicted octanol–water partition coefficient (Wildman–Crippen LogP) is -2.87. The summed E-state index contributed by atoms with van der Waals surface area (Å²) in [6, 6.07) is 0. The molecule has 0 bridgehead atoms. The Morgan fingerprint density at radius 3 is 2.57 bits per heavy atom. The van der Waals surface area contributed by atoms with Crippen molar-refractivity contribution in [3.05, 3.63) is 32.6 Å². The Morgan fingerprint density at radius 2 is 2.10 bits per heavy atom. The molecule has 0 saturated carbocycles. The lowest BCUT2D eigenvalue weighted by Gasteiger charge is -2.23. The highest BCUT2D eigenvalue weighted by atomic mass is 16.6. The van der Waals surface area contributed by atoms with Gasteiger partial charge in [0, 0.05) is 6.20 Å². The maximum absolute atomic E-state index is 11.8. The van der Waals surface area contributed by atoms with E-state index in [0.717, 1.165) is 10.8 Å². The summed E-state index contributed by atoms with van der Waals surface area (Å²) in [5.41, 5.74) is -3.68. The summed E-state index contributed by atoms with van der Waals surface area (Å²) >= 11 is 0. The predicted molar refractivity (Wildman–Crippen MR) is 70.0 cm³/mol. The number of nitrogens with one attached hydrogen (secondary N) is 1. The maximum Gasteiger partial charge on any atom is 0.330 e. The van der Waals surface area contributed by atoms with Crippen molar-refractivity contribution in [1.82, 2.24) is 9.55 Å². The number of hydrogen-bond acceptors (Lipinski definition) is 6. The summed E-state index contributed by atoms with van der Waals surface area (Å²) in [4.78, 5) is 25.1. The van der Waals surface area contributed by atoms with Gasteiger partial charge in [0.2, 0.25) is 0 Å². The van der Waals surface area contributed by atoms with Crippen LogP contribution in [0.25, 0.3) is 0 Å². The van der Waals surface area contributed by atoms with Crippen LogP contribution in [-0.4, -0.2) is 49.3 Å². The zero-order valence-electron chi connectivity index (χ0n) is 10.7. The molecule has 0 spiro atoms. The van der Waals surface area contributed by atoms with Crippen molar-refractivity contribution in [3.8, 4) is 24.7 Å². The van der Waals surface area contributed by atoms with Crippen molar-refractivity contribution in [1.29, 1.82) is 0 Å². The van der Waals surface area contributed by atoms with Crippen LogP contribution in [0.4, 0.5) is 0 Å². The first-order chi connectivity index (χ1) is 9.90. The first-order valence-electron chi connectivity index (χ1n) is 5.85. The lowest BCUT2D eigenvalue weighted by atomic mass is 9.97. The number of aliphatic hydroxyl groups is 3. The van der Waals surface area contributed by atoms with Crippen LogP contribution in [0.2, 0.25) is 0 Å². The molecular formula is C13H12N2O6. The van der Waals surface area contributed by atoms with E-state index in [1.807, 2.05) is 4.98 Å². The SMILES string of the molecule is C#Cc1cn(C2O[C@](C#C)(CO)[C@@H](O)[C@@H]2O)c(=O)[nH]c1=O. The van der Waals surface area contributed by atoms with E-state index >= 15 is 0 Å². The summed E-state index contributed by atoms with van der Waals surface area (Å²) in [6.07, 6.45) is 6.72.